The highest BCUT2D eigenvalue weighted by Crippen LogP contribution is 2.11. The maximum atomic E-state index is 8.90. The number of aliphatic hydroxyl groups is 1. The normalized spacial score (nSPS) is 12.4. The van der Waals surface area contributed by atoms with Crippen LogP contribution in [0.1, 0.15) is 25.3 Å². The van der Waals surface area contributed by atoms with Gasteiger partial charge in [0.15, 0.2) is 0 Å². The molecule has 0 amide bonds. The molecule has 0 heterocycles. The van der Waals surface area contributed by atoms with E-state index >= 15 is 0 Å². The smallest absolute Gasteiger partial charge is 0.118 e. The molecule has 0 spiro atoms. The molecule has 0 saturated heterocycles. The van der Waals surface area contributed by atoms with Crippen LogP contribution in [0.3, 0.4) is 0 Å². The summed E-state index contributed by atoms with van der Waals surface area (Å²) in [6, 6.07) is 8.21. The lowest BCUT2D eigenvalue weighted by Crippen LogP contribution is -2.19. The Balaban J connectivity index is 2.06. The monoisotopic (exact) mass is 251 g/mol. The summed E-state index contributed by atoms with van der Waals surface area (Å²) in [6.07, 6.45) is 3.26. The summed E-state index contributed by atoms with van der Waals surface area (Å²) in [6.45, 7) is 4.41. The molecule has 2 N–H and O–H groups in total. The second kappa shape index (κ2) is 8.95. The first-order chi connectivity index (χ1) is 8.76. The van der Waals surface area contributed by atoms with Gasteiger partial charge in [-0.15, -0.1) is 0 Å². The maximum Gasteiger partial charge on any atom is 0.118 e. The van der Waals surface area contributed by atoms with Gasteiger partial charge in [-0.05, 0) is 56.0 Å². The van der Waals surface area contributed by atoms with E-state index in [1.165, 1.54) is 5.56 Å². The second-order valence-electron chi connectivity index (χ2n) is 4.78. The van der Waals surface area contributed by atoms with Crippen molar-refractivity contribution >= 4 is 0 Å². The predicted octanol–water partition coefficient (Wildman–Crippen LogP) is 2.24. The van der Waals surface area contributed by atoms with Crippen molar-refractivity contribution in [3.63, 3.8) is 0 Å². The van der Waals surface area contributed by atoms with Gasteiger partial charge < -0.3 is 15.2 Å². The highest BCUT2D eigenvalue weighted by molar-refractivity contribution is 5.27. The quantitative estimate of drug-likeness (QED) is 0.661. The van der Waals surface area contributed by atoms with Crippen molar-refractivity contribution < 1.29 is 9.84 Å². The molecule has 3 nitrogen and oxygen atoms in total. The Morgan fingerprint density at radius 3 is 2.56 bits per heavy atom. The van der Waals surface area contributed by atoms with Crippen LogP contribution in [-0.4, -0.2) is 31.9 Å². The number of rotatable bonds is 9. The lowest BCUT2D eigenvalue weighted by Gasteiger charge is -2.08. The zero-order valence-electron chi connectivity index (χ0n) is 11.5. The fraction of sp³-hybridized carbons (Fsp3) is 0.600. The molecule has 1 aromatic rings. The number of methoxy groups -OCH3 is 1. The van der Waals surface area contributed by atoms with Crippen LogP contribution in [0.25, 0.3) is 0 Å². The zero-order chi connectivity index (χ0) is 13.2. The molecule has 0 bridgehead atoms. The summed E-state index contributed by atoms with van der Waals surface area (Å²) >= 11 is 0. The molecule has 0 radical (unpaired) electrons. The zero-order valence-corrected chi connectivity index (χ0v) is 11.5. The topological polar surface area (TPSA) is 41.5 Å². The average Bonchev–Trinajstić information content (AvgIpc) is 2.43. The number of benzene rings is 1. The lowest BCUT2D eigenvalue weighted by molar-refractivity contribution is 0.228. The Morgan fingerprint density at radius 1 is 1.22 bits per heavy atom. The van der Waals surface area contributed by atoms with Gasteiger partial charge in [-0.25, -0.2) is 0 Å². The molecule has 3 heteroatoms. The Labute approximate surface area is 110 Å². The average molecular weight is 251 g/mol. The van der Waals surface area contributed by atoms with Crippen LogP contribution >= 0.6 is 0 Å². The third-order valence-electron chi connectivity index (χ3n) is 3.11. The molecule has 1 atom stereocenters. The van der Waals surface area contributed by atoms with Crippen molar-refractivity contribution in [2.75, 3.05) is 26.8 Å². The minimum absolute atomic E-state index is 0.297. The summed E-state index contributed by atoms with van der Waals surface area (Å²) < 4.78 is 5.12. The van der Waals surface area contributed by atoms with Crippen LogP contribution < -0.4 is 10.1 Å². The Kier molecular flexibility index (Phi) is 7.46. The fourth-order valence-corrected chi connectivity index (χ4v) is 1.82. The summed E-state index contributed by atoms with van der Waals surface area (Å²) in [5.74, 6) is 1.33. The van der Waals surface area contributed by atoms with E-state index in [2.05, 4.69) is 24.4 Å². The summed E-state index contributed by atoms with van der Waals surface area (Å²) in [7, 11) is 1.68. The number of nitrogens with one attached hydrogen (secondary N) is 1. The van der Waals surface area contributed by atoms with E-state index in [4.69, 9.17) is 9.84 Å². The first kappa shape index (κ1) is 15.0. The maximum absolute atomic E-state index is 8.90. The molecular formula is C15H25NO2. The van der Waals surface area contributed by atoms with Crippen LogP contribution in [0.5, 0.6) is 5.75 Å². The van der Waals surface area contributed by atoms with Gasteiger partial charge in [0.1, 0.15) is 5.75 Å². The van der Waals surface area contributed by atoms with Crippen molar-refractivity contribution in [2.45, 2.75) is 26.2 Å². The molecule has 18 heavy (non-hydrogen) atoms. The van der Waals surface area contributed by atoms with E-state index in [1.54, 1.807) is 7.11 Å². The summed E-state index contributed by atoms with van der Waals surface area (Å²) in [5, 5.41) is 12.3. The molecule has 1 rings (SSSR count). The lowest BCUT2D eigenvalue weighted by atomic mass is 10.1. The number of aliphatic hydroxyl groups excluding tert-OH is 1. The summed E-state index contributed by atoms with van der Waals surface area (Å²) in [5.41, 5.74) is 1.33. The highest BCUT2D eigenvalue weighted by Gasteiger charge is 1.99. The Bertz CT molecular complexity index is 311. The van der Waals surface area contributed by atoms with Gasteiger partial charge >= 0.3 is 0 Å². The van der Waals surface area contributed by atoms with E-state index in [-0.39, 0.29) is 0 Å². The third-order valence-corrected chi connectivity index (χ3v) is 3.11. The van der Waals surface area contributed by atoms with E-state index in [1.807, 2.05) is 12.1 Å². The van der Waals surface area contributed by atoms with Gasteiger partial charge in [0.25, 0.3) is 0 Å². The molecule has 1 aromatic carbocycles. The molecule has 0 aliphatic rings. The molecule has 0 fully saturated rings. The third kappa shape index (κ3) is 6.03. The highest BCUT2D eigenvalue weighted by atomic mass is 16.5. The van der Waals surface area contributed by atoms with E-state index in [0.29, 0.717) is 12.5 Å². The van der Waals surface area contributed by atoms with Gasteiger partial charge in [0, 0.05) is 6.61 Å². The summed E-state index contributed by atoms with van der Waals surface area (Å²) in [4.78, 5) is 0. The number of hydrogen-bond donors (Lipinski definition) is 2. The standard InChI is InChI=1S/C15H25NO2/c1-13(12-17)4-3-10-16-11-9-14-5-7-15(18-2)8-6-14/h5-8,13,16-17H,3-4,9-12H2,1-2H3. The van der Waals surface area contributed by atoms with Crippen molar-refractivity contribution in [1.29, 1.82) is 0 Å². The van der Waals surface area contributed by atoms with E-state index in [9.17, 15) is 0 Å². The Hall–Kier alpha value is -1.06. The molecule has 0 aliphatic carbocycles. The molecule has 1 unspecified atom stereocenters. The van der Waals surface area contributed by atoms with Gasteiger partial charge in [0.2, 0.25) is 0 Å². The van der Waals surface area contributed by atoms with Crippen LogP contribution in [0.15, 0.2) is 24.3 Å². The molecule has 0 aromatic heterocycles. The largest absolute Gasteiger partial charge is 0.497 e. The van der Waals surface area contributed by atoms with Gasteiger partial charge in [-0.2, -0.15) is 0 Å². The predicted molar refractivity (Wildman–Crippen MR) is 75.1 cm³/mol. The number of ether oxygens (including phenoxy) is 1. The van der Waals surface area contributed by atoms with Crippen molar-refractivity contribution in [2.24, 2.45) is 5.92 Å². The van der Waals surface area contributed by atoms with Crippen LogP contribution in [0, 0.1) is 5.92 Å². The van der Waals surface area contributed by atoms with Crippen molar-refractivity contribution in [3.05, 3.63) is 29.8 Å². The van der Waals surface area contributed by atoms with Crippen LogP contribution in [0.2, 0.25) is 0 Å². The van der Waals surface area contributed by atoms with E-state index < -0.39 is 0 Å². The molecule has 0 aliphatic heterocycles. The Morgan fingerprint density at radius 2 is 1.94 bits per heavy atom. The van der Waals surface area contributed by atoms with Gasteiger partial charge in [-0.1, -0.05) is 19.1 Å². The minimum atomic E-state index is 0.297. The first-order valence-corrected chi connectivity index (χ1v) is 6.70. The molecule has 102 valence electrons. The number of hydrogen-bond acceptors (Lipinski definition) is 3. The second-order valence-corrected chi connectivity index (χ2v) is 4.78. The molecular weight excluding hydrogens is 226 g/mol. The van der Waals surface area contributed by atoms with Gasteiger partial charge in [-0.3, -0.25) is 0 Å². The van der Waals surface area contributed by atoms with E-state index in [0.717, 1.165) is 38.1 Å². The fourth-order valence-electron chi connectivity index (χ4n) is 1.82. The van der Waals surface area contributed by atoms with Gasteiger partial charge in [0.05, 0.1) is 7.11 Å². The molecule has 0 saturated carbocycles. The SMILES string of the molecule is COc1ccc(CCNCCCC(C)CO)cc1. The first-order valence-electron chi connectivity index (χ1n) is 6.70. The minimum Gasteiger partial charge on any atom is -0.497 e. The van der Waals surface area contributed by atoms with Crippen molar-refractivity contribution in [1.82, 2.24) is 5.32 Å². The van der Waals surface area contributed by atoms with Crippen LogP contribution in [0.4, 0.5) is 0 Å². The van der Waals surface area contributed by atoms with Crippen LogP contribution in [-0.2, 0) is 6.42 Å². The van der Waals surface area contributed by atoms with Crippen molar-refractivity contribution in [3.8, 4) is 5.75 Å².